The van der Waals surface area contributed by atoms with Gasteiger partial charge in [-0.2, -0.15) is 0 Å². The van der Waals surface area contributed by atoms with Gasteiger partial charge < -0.3 is 4.74 Å². The number of rotatable bonds is 6. The van der Waals surface area contributed by atoms with E-state index in [-0.39, 0.29) is 5.56 Å². The number of benzene rings is 2. The van der Waals surface area contributed by atoms with E-state index in [0.717, 1.165) is 16.3 Å². The predicted octanol–water partition coefficient (Wildman–Crippen LogP) is 3.86. The number of halogens is 1. The number of aromatic nitrogens is 2. The summed E-state index contributed by atoms with van der Waals surface area (Å²) in [6.45, 7) is 2.47. The van der Waals surface area contributed by atoms with Crippen LogP contribution in [0.4, 0.5) is 9.52 Å². The molecule has 7 heteroatoms. The van der Waals surface area contributed by atoms with Crippen LogP contribution in [0.3, 0.4) is 0 Å². The monoisotopic (exact) mass is 357 g/mol. The van der Waals surface area contributed by atoms with Gasteiger partial charge in [0.25, 0.3) is 5.91 Å². The van der Waals surface area contributed by atoms with E-state index in [1.165, 1.54) is 35.6 Å². The first-order valence-electron chi connectivity index (χ1n) is 7.69. The highest BCUT2D eigenvalue weighted by molar-refractivity contribution is 7.15. The zero-order valence-corrected chi connectivity index (χ0v) is 14.3. The van der Waals surface area contributed by atoms with E-state index in [0.29, 0.717) is 18.2 Å². The van der Waals surface area contributed by atoms with Gasteiger partial charge >= 0.3 is 0 Å². The zero-order chi connectivity index (χ0) is 17.6. The van der Waals surface area contributed by atoms with Crippen molar-refractivity contribution in [1.82, 2.24) is 10.2 Å². The molecule has 0 saturated heterocycles. The highest BCUT2D eigenvalue weighted by Gasteiger charge is 2.11. The lowest BCUT2D eigenvalue weighted by Crippen LogP contribution is -2.11. The van der Waals surface area contributed by atoms with Gasteiger partial charge in [-0.05, 0) is 42.8 Å². The van der Waals surface area contributed by atoms with Crippen molar-refractivity contribution in [2.45, 2.75) is 13.3 Å². The molecule has 3 aromatic rings. The van der Waals surface area contributed by atoms with E-state index in [1.807, 2.05) is 31.2 Å². The Bertz CT molecular complexity index is 882. The number of ether oxygens (including phenoxy) is 1. The van der Waals surface area contributed by atoms with E-state index in [1.54, 1.807) is 0 Å². The summed E-state index contributed by atoms with van der Waals surface area (Å²) < 4.78 is 18.8. The molecule has 0 atom stereocenters. The SMILES string of the molecule is Cc1cccc(OCCc2nnc(NC(=O)c3cccc(F)c3)s2)c1. The van der Waals surface area contributed by atoms with Crippen LogP contribution in [0.2, 0.25) is 0 Å². The molecule has 0 aliphatic rings. The van der Waals surface area contributed by atoms with Crippen molar-refractivity contribution in [3.8, 4) is 5.75 Å². The maximum Gasteiger partial charge on any atom is 0.257 e. The molecule has 1 N–H and O–H groups in total. The number of carbonyl (C=O) groups is 1. The minimum absolute atomic E-state index is 0.236. The smallest absolute Gasteiger partial charge is 0.257 e. The third kappa shape index (κ3) is 4.84. The molecule has 0 bridgehead atoms. The average Bonchev–Trinajstić information content (AvgIpc) is 3.02. The van der Waals surface area contributed by atoms with E-state index in [4.69, 9.17) is 4.74 Å². The molecule has 0 spiro atoms. The molecule has 0 saturated carbocycles. The van der Waals surface area contributed by atoms with Crippen molar-refractivity contribution >= 4 is 22.4 Å². The molecule has 2 aromatic carbocycles. The fraction of sp³-hybridized carbons (Fsp3) is 0.167. The second kappa shape index (κ2) is 7.85. The molecule has 0 aliphatic heterocycles. The molecule has 3 rings (SSSR count). The van der Waals surface area contributed by atoms with Crippen molar-refractivity contribution in [2.75, 3.05) is 11.9 Å². The largest absolute Gasteiger partial charge is 0.493 e. The average molecular weight is 357 g/mol. The molecule has 1 heterocycles. The first kappa shape index (κ1) is 17.0. The Kier molecular flexibility index (Phi) is 5.35. The molecule has 5 nitrogen and oxygen atoms in total. The van der Waals surface area contributed by atoms with E-state index < -0.39 is 11.7 Å². The van der Waals surface area contributed by atoms with Crippen LogP contribution in [0, 0.1) is 12.7 Å². The number of anilines is 1. The van der Waals surface area contributed by atoms with Crippen molar-refractivity contribution in [3.63, 3.8) is 0 Å². The maximum absolute atomic E-state index is 13.2. The van der Waals surface area contributed by atoms with Crippen molar-refractivity contribution in [1.29, 1.82) is 0 Å². The van der Waals surface area contributed by atoms with Crippen LogP contribution < -0.4 is 10.1 Å². The zero-order valence-electron chi connectivity index (χ0n) is 13.5. The lowest BCUT2D eigenvalue weighted by molar-refractivity contribution is 0.102. The van der Waals surface area contributed by atoms with Gasteiger partial charge in [0.15, 0.2) is 0 Å². The third-order valence-electron chi connectivity index (χ3n) is 3.35. The number of nitrogens with zero attached hydrogens (tertiary/aromatic N) is 2. The Morgan fingerprint density at radius 1 is 1.20 bits per heavy atom. The van der Waals surface area contributed by atoms with Gasteiger partial charge in [0.2, 0.25) is 5.13 Å². The lowest BCUT2D eigenvalue weighted by atomic mass is 10.2. The molecule has 128 valence electrons. The van der Waals surface area contributed by atoms with Gasteiger partial charge in [-0.3, -0.25) is 10.1 Å². The fourth-order valence-corrected chi connectivity index (χ4v) is 2.88. The number of aryl methyl sites for hydroxylation is 1. The summed E-state index contributed by atoms with van der Waals surface area (Å²) in [4.78, 5) is 12.0. The first-order valence-corrected chi connectivity index (χ1v) is 8.50. The van der Waals surface area contributed by atoms with Crippen molar-refractivity contribution < 1.29 is 13.9 Å². The Balaban J connectivity index is 1.53. The minimum Gasteiger partial charge on any atom is -0.493 e. The summed E-state index contributed by atoms with van der Waals surface area (Å²) in [6, 6.07) is 13.3. The number of hydrogen-bond acceptors (Lipinski definition) is 5. The number of nitrogens with one attached hydrogen (secondary N) is 1. The molecule has 0 fully saturated rings. The van der Waals surface area contributed by atoms with Crippen LogP contribution in [-0.2, 0) is 6.42 Å². The Morgan fingerprint density at radius 2 is 2.04 bits per heavy atom. The van der Waals surface area contributed by atoms with Gasteiger partial charge in [0, 0.05) is 12.0 Å². The molecule has 1 aromatic heterocycles. The fourth-order valence-electron chi connectivity index (χ4n) is 2.17. The number of carbonyl (C=O) groups excluding carboxylic acids is 1. The molecule has 25 heavy (non-hydrogen) atoms. The summed E-state index contributed by atoms with van der Waals surface area (Å²) in [5.74, 6) is -0.0683. The minimum atomic E-state index is -0.459. The second-order valence-electron chi connectivity index (χ2n) is 5.38. The van der Waals surface area contributed by atoms with Crippen LogP contribution in [0.15, 0.2) is 48.5 Å². The topological polar surface area (TPSA) is 64.1 Å². The van der Waals surface area contributed by atoms with Gasteiger partial charge in [-0.1, -0.05) is 29.5 Å². The predicted molar refractivity (Wildman–Crippen MR) is 94.6 cm³/mol. The summed E-state index contributed by atoms with van der Waals surface area (Å²) in [5, 5.41) is 11.7. The number of hydrogen-bond donors (Lipinski definition) is 1. The summed E-state index contributed by atoms with van der Waals surface area (Å²) in [6.07, 6.45) is 0.585. The van der Waals surface area contributed by atoms with Crippen LogP contribution >= 0.6 is 11.3 Å². The maximum atomic E-state index is 13.2. The highest BCUT2D eigenvalue weighted by atomic mass is 32.1. The quantitative estimate of drug-likeness (QED) is 0.728. The van der Waals surface area contributed by atoms with Gasteiger partial charge in [-0.25, -0.2) is 4.39 Å². The van der Waals surface area contributed by atoms with E-state index >= 15 is 0 Å². The summed E-state index contributed by atoms with van der Waals surface area (Å²) in [5.41, 5.74) is 1.37. The van der Waals surface area contributed by atoms with Gasteiger partial charge in [-0.15, -0.1) is 10.2 Å². The third-order valence-corrected chi connectivity index (χ3v) is 4.25. The highest BCUT2D eigenvalue weighted by Crippen LogP contribution is 2.18. The summed E-state index contributed by atoms with van der Waals surface area (Å²) in [7, 11) is 0. The standard InChI is InChI=1S/C18H16FN3O2S/c1-12-4-2-7-15(10-12)24-9-8-16-21-22-18(25-16)20-17(23)13-5-3-6-14(19)11-13/h2-7,10-11H,8-9H2,1H3,(H,20,22,23). The molecule has 0 radical (unpaired) electrons. The van der Waals surface area contributed by atoms with E-state index in [9.17, 15) is 9.18 Å². The normalized spacial score (nSPS) is 10.5. The van der Waals surface area contributed by atoms with Crippen molar-refractivity contribution in [2.24, 2.45) is 0 Å². The van der Waals surface area contributed by atoms with Gasteiger partial charge in [0.05, 0.1) is 6.61 Å². The second-order valence-corrected chi connectivity index (χ2v) is 6.44. The first-order chi connectivity index (χ1) is 12.1. The molecule has 1 amide bonds. The lowest BCUT2D eigenvalue weighted by Gasteiger charge is -2.04. The Morgan fingerprint density at radius 3 is 2.84 bits per heavy atom. The van der Waals surface area contributed by atoms with Crippen LogP contribution in [-0.4, -0.2) is 22.7 Å². The van der Waals surface area contributed by atoms with Gasteiger partial charge in [0.1, 0.15) is 16.6 Å². The van der Waals surface area contributed by atoms with E-state index in [2.05, 4.69) is 15.5 Å². The number of amides is 1. The molecule has 0 aliphatic carbocycles. The van der Waals surface area contributed by atoms with Crippen LogP contribution in [0.25, 0.3) is 0 Å². The molecule has 0 unspecified atom stereocenters. The Labute approximate surface area is 148 Å². The van der Waals surface area contributed by atoms with Crippen molar-refractivity contribution in [3.05, 3.63) is 70.5 Å². The molecular weight excluding hydrogens is 341 g/mol. The Hall–Kier alpha value is -2.80. The summed E-state index contributed by atoms with van der Waals surface area (Å²) >= 11 is 1.27. The van der Waals surface area contributed by atoms with Crippen LogP contribution in [0.5, 0.6) is 5.75 Å². The molecular formula is C18H16FN3O2S. The van der Waals surface area contributed by atoms with Crippen LogP contribution in [0.1, 0.15) is 20.9 Å².